The summed E-state index contributed by atoms with van der Waals surface area (Å²) in [6.45, 7) is 4.45. The molecular weight excluding hydrogens is 430 g/mol. The van der Waals surface area contributed by atoms with E-state index in [-0.39, 0.29) is 10.6 Å². The molecule has 0 aromatic heterocycles. The summed E-state index contributed by atoms with van der Waals surface area (Å²) < 4.78 is 14.1. The summed E-state index contributed by atoms with van der Waals surface area (Å²) in [7, 11) is 0. The molecule has 1 unspecified atom stereocenters. The summed E-state index contributed by atoms with van der Waals surface area (Å²) in [4.78, 5) is 0.100. The Labute approximate surface area is 142 Å². The fraction of sp³-hybridized carbons (Fsp3) is 0.294. The Balaban J connectivity index is 2.22. The van der Waals surface area contributed by atoms with Crippen molar-refractivity contribution in [1.82, 2.24) is 0 Å². The van der Waals surface area contributed by atoms with E-state index in [0.29, 0.717) is 5.92 Å². The van der Waals surface area contributed by atoms with E-state index in [1.165, 1.54) is 17.2 Å². The van der Waals surface area contributed by atoms with Crippen molar-refractivity contribution in [3.63, 3.8) is 0 Å². The molecule has 20 heavy (non-hydrogen) atoms. The van der Waals surface area contributed by atoms with Gasteiger partial charge in [-0.05, 0) is 63.8 Å². The Bertz CT molecular complexity index is 578. The zero-order valence-corrected chi connectivity index (χ0v) is 15.3. The van der Waals surface area contributed by atoms with Gasteiger partial charge in [-0.1, -0.05) is 60.1 Å². The summed E-state index contributed by atoms with van der Waals surface area (Å²) in [6.07, 6.45) is 1.10. The van der Waals surface area contributed by atoms with E-state index < -0.39 is 0 Å². The van der Waals surface area contributed by atoms with E-state index in [0.717, 1.165) is 15.6 Å². The Morgan fingerprint density at radius 1 is 1.10 bits per heavy atom. The van der Waals surface area contributed by atoms with Crippen molar-refractivity contribution < 1.29 is 4.39 Å². The first-order valence-electron chi connectivity index (χ1n) is 6.65. The van der Waals surface area contributed by atoms with Crippen LogP contribution < -0.4 is 0 Å². The van der Waals surface area contributed by atoms with Crippen molar-refractivity contribution >= 4 is 38.5 Å². The van der Waals surface area contributed by atoms with Crippen molar-refractivity contribution in [2.24, 2.45) is 5.92 Å². The number of hydrogen-bond acceptors (Lipinski definition) is 0. The van der Waals surface area contributed by atoms with Crippen LogP contribution in [0.2, 0.25) is 0 Å². The van der Waals surface area contributed by atoms with Crippen molar-refractivity contribution in [3.05, 3.63) is 68.5 Å². The lowest BCUT2D eigenvalue weighted by Gasteiger charge is -2.14. The highest BCUT2D eigenvalue weighted by Gasteiger charge is 2.14. The van der Waals surface area contributed by atoms with Crippen molar-refractivity contribution in [3.8, 4) is 0 Å². The summed E-state index contributed by atoms with van der Waals surface area (Å²) in [5.41, 5.74) is 3.66. The maximum absolute atomic E-state index is 13.2. The number of alkyl halides is 1. The molecular formula is C17H17BrFI. The standard InChI is InChI=1S/C17H17BrFI/c1-11(2)9-12-3-5-13(6-4-12)17(18)15-8-7-14(19)10-16(15)20/h3-8,10-11,17H,9H2,1-2H3. The monoisotopic (exact) mass is 446 g/mol. The zero-order chi connectivity index (χ0) is 14.7. The molecule has 0 fully saturated rings. The number of rotatable bonds is 4. The molecule has 0 nitrogen and oxygen atoms in total. The molecule has 2 rings (SSSR count). The van der Waals surface area contributed by atoms with E-state index in [9.17, 15) is 4.39 Å². The highest BCUT2D eigenvalue weighted by Crippen LogP contribution is 2.34. The van der Waals surface area contributed by atoms with Crippen LogP contribution in [-0.2, 0) is 6.42 Å². The quantitative estimate of drug-likeness (QED) is 0.392. The van der Waals surface area contributed by atoms with Gasteiger partial charge < -0.3 is 0 Å². The number of benzene rings is 2. The fourth-order valence-corrected chi connectivity index (χ4v) is 4.10. The summed E-state index contributed by atoms with van der Waals surface area (Å²) >= 11 is 5.90. The second kappa shape index (κ2) is 7.03. The van der Waals surface area contributed by atoms with Gasteiger partial charge in [0.05, 0.1) is 4.83 Å². The van der Waals surface area contributed by atoms with E-state index in [1.54, 1.807) is 6.07 Å². The minimum Gasteiger partial charge on any atom is -0.207 e. The summed E-state index contributed by atoms with van der Waals surface area (Å²) in [6, 6.07) is 13.6. The lowest BCUT2D eigenvalue weighted by molar-refractivity contribution is 0.626. The molecule has 0 aliphatic heterocycles. The van der Waals surface area contributed by atoms with Crippen LogP contribution in [0, 0.1) is 15.3 Å². The SMILES string of the molecule is CC(C)Cc1ccc(C(Br)c2ccc(F)cc2I)cc1. The molecule has 0 N–H and O–H groups in total. The smallest absolute Gasteiger partial charge is 0.124 e. The van der Waals surface area contributed by atoms with Gasteiger partial charge in [0, 0.05) is 3.57 Å². The molecule has 0 aliphatic carbocycles. The first-order valence-corrected chi connectivity index (χ1v) is 8.64. The molecule has 106 valence electrons. The first kappa shape index (κ1) is 16.0. The minimum atomic E-state index is -0.190. The van der Waals surface area contributed by atoms with Crippen LogP contribution in [0.25, 0.3) is 0 Å². The first-order chi connectivity index (χ1) is 9.47. The van der Waals surface area contributed by atoms with Gasteiger partial charge in [0.25, 0.3) is 0 Å². The Kier molecular flexibility index (Phi) is 5.61. The average Bonchev–Trinajstić information content (AvgIpc) is 2.38. The maximum atomic E-state index is 13.2. The minimum absolute atomic E-state index is 0.100. The molecule has 0 amide bonds. The predicted octanol–water partition coefficient (Wildman–Crippen LogP) is 6.11. The molecule has 3 heteroatoms. The normalized spacial score (nSPS) is 12.7. The largest absolute Gasteiger partial charge is 0.207 e. The topological polar surface area (TPSA) is 0 Å². The Morgan fingerprint density at radius 2 is 1.75 bits per heavy atom. The van der Waals surface area contributed by atoms with Gasteiger partial charge >= 0.3 is 0 Å². The molecule has 0 heterocycles. The van der Waals surface area contributed by atoms with Crippen molar-refractivity contribution in [1.29, 1.82) is 0 Å². The Hall–Kier alpha value is -0.420. The summed E-state index contributed by atoms with van der Waals surface area (Å²) in [5.74, 6) is 0.476. The Morgan fingerprint density at radius 3 is 2.30 bits per heavy atom. The lowest BCUT2D eigenvalue weighted by atomic mass is 9.99. The van der Waals surface area contributed by atoms with E-state index in [1.807, 2.05) is 6.07 Å². The summed E-state index contributed by atoms with van der Waals surface area (Å²) in [5, 5.41) is 0. The van der Waals surface area contributed by atoms with E-state index >= 15 is 0 Å². The second-order valence-electron chi connectivity index (χ2n) is 5.37. The average molecular weight is 447 g/mol. The molecule has 0 aliphatic rings. The molecule has 0 bridgehead atoms. The predicted molar refractivity (Wildman–Crippen MR) is 94.9 cm³/mol. The highest BCUT2D eigenvalue weighted by molar-refractivity contribution is 14.1. The number of hydrogen-bond donors (Lipinski definition) is 0. The third-order valence-electron chi connectivity index (χ3n) is 3.15. The van der Waals surface area contributed by atoms with Crippen LogP contribution in [0.5, 0.6) is 0 Å². The zero-order valence-electron chi connectivity index (χ0n) is 11.5. The molecule has 0 radical (unpaired) electrons. The third kappa shape index (κ3) is 4.04. The van der Waals surface area contributed by atoms with Gasteiger partial charge in [0.2, 0.25) is 0 Å². The molecule has 1 atom stereocenters. The van der Waals surface area contributed by atoms with Crippen LogP contribution in [0.4, 0.5) is 4.39 Å². The molecule has 0 saturated carbocycles. The van der Waals surface area contributed by atoms with Gasteiger partial charge in [-0.15, -0.1) is 0 Å². The maximum Gasteiger partial charge on any atom is 0.124 e. The lowest BCUT2D eigenvalue weighted by Crippen LogP contribution is -1.98. The van der Waals surface area contributed by atoms with Crippen LogP contribution >= 0.6 is 38.5 Å². The van der Waals surface area contributed by atoms with Crippen LogP contribution in [0.15, 0.2) is 42.5 Å². The van der Waals surface area contributed by atoms with Gasteiger partial charge in [0.1, 0.15) is 5.82 Å². The van der Waals surface area contributed by atoms with Crippen LogP contribution in [-0.4, -0.2) is 0 Å². The van der Waals surface area contributed by atoms with E-state index in [4.69, 9.17) is 0 Å². The van der Waals surface area contributed by atoms with Gasteiger partial charge in [-0.2, -0.15) is 0 Å². The highest BCUT2D eigenvalue weighted by atomic mass is 127. The molecule has 0 saturated heterocycles. The molecule has 2 aromatic carbocycles. The molecule has 2 aromatic rings. The third-order valence-corrected chi connectivity index (χ3v) is 5.11. The van der Waals surface area contributed by atoms with Crippen LogP contribution in [0.1, 0.15) is 35.4 Å². The fourth-order valence-electron chi connectivity index (χ4n) is 2.18. The molecule has 0 spiro atoms. The van der Waals surface area contributed by atoms with Crippen molar-refractivity contribution in [2.45, 2.75) is 25.1 Å². The van der Waals surface area contributed by atoms with Crippen LogP contribution in [0.3, 0.4) is 0 Å². The van der Waals surface area contributed by atoms with Crippen molar-refractivity contribution in [2.75, 3.05) is 0 Å². The van der Waals surface area contributed by atoms with Gasteiger partial charge in [-0.3, -0.25) is 0 Å². The van der Waals surface area contributed by atoms with Gasteiger partial charge in [-0.25, -0.2) is 4.39 Å². The van der Waals surface area contributed by atoms with E-state index in [2.05, 4.69) is 76.6 Å². The van der Waals surface area contributed by atoms with Gasteiger partial charge in [0.15, 0.2) is 0 Å². The number of halogens is 3. The second-order valence-corrected chi connectivity index (χ2v) is 7.45.